The zero-order chi connectivity index (χ0) is 8.91. The van der Waals surface area contributed by atoms with Gasteiger partial charge in [0.05, 0.1) is 6.42 Å². The van der Waals surface area contributed by atoms with Gasteiger partial charge < -0.3 is 51.0 Å². The molecule has 0 bridgehead atoms. The van der Waals surface area contributed by atoms with E-state index in [-0.39, 0.29) is 62.6 Å². The van der Waals surface area contributed by atoms with Gasteiger partial charge in [0, 0.05) is 13.1 Å². The Morgan fingerprint density at radius 3 is 1.93 bits per heavy atom. The van der Waals surface area contributed by atoms with Gasteiger partial charge in [0.25, 0.3) is 5.97 Å². The average Bonchev–Trinajstić information content (AvgIpc) is 1.79. The summed E-state index contributed by atoms with van der Waals surface area (Å²) in [5.41, 5.74) is 5.08. The molecule has 14 heavy (non-hydrogen) atoms. The number of nitrogens with one attached hydrogen (secondary N) is 1. The predicted molar refractivity (Wildman–Crippen MR) is 42.8 cm³/mol. The minimum Gasteiger partial charge on any atom is -1.00 e. The van der Waals surface area contributed by atoms with E-state index in [1.165, 1.54) is 0 Å². The van der Waals surface area contributed by atoms with E-state index in [1.807, 2.05) is 0 Å². The van der Waals surface area contributed by atoms with Crippen molar-refractivity contribution < 1.29 is 45.2 Å². The van der Waals surface area contributed by atoms with E-state index < -0.39 is 18.6 Å². The van der Waals surface area contributed by atoms with Crippen LogP contribution in [0.4, 0.5) is 0 Å². The smallest absolute Gasteiger partial charge is 1.00 e. The summed E-state index contributed by atoms with van der Waals surface area (Å²) in [7, 11) is 0. The first-order valence-corrected chi connectivity index (χ1v) is 3.24. The molecule has 6 nitrogen and oxygen atoms in total. The summed E-state index contributed by atoms with van der Waals surface area (Å²) in [6.45, 7) is 0.670. The zero-order valence-electron chi connectivity index (χ0n) is 7.53. The first kappa shape index (κ1) is 24.7. The molecule has 0 aromatic carbocycles. The Labute approximate surface area is 125 Å². The van der Waals surface area contributed by atoms with Gasteiger partial charge in [-0.15, -0.1) is 0 Å². The fourth-order valence-electron chi connectivity index (χ4n) is 0.582. The van der Waals surface area contributed by atoms with E-state index in [0.717, 1.165) is 0 Å². The summed E-state index contributed by atoms with van der Waals surface area (Å²) in [5.74, 6) is -2.83. The van der Waals surface area contributed by atoms with Gasteiger partial charge in [-0.25, -0.2) is 0 Å². The number of rotatable bonds is 5. The molecule has 1 unspecified atom stereocenters. The normalized spacial score (nSPS) is 11.8. The fraction of sp³-hybridized carbons (Fsp3) is 1.00. The van der Waals surface area contributed by atoms with Crippen molar-refractivity contribution in [1.29, 1.82) is 0 Å². The maximum Gasteiger partial charge on any atom is 2.00 e. The molecule has 0 rings (SSSR count). The molecule has 7 N–H and O–H groups in total. The van der Waals surface area contributed by atoms with Crippen molar-refractivity contribution in [2.75, 3.05) is 13.1 Å². The number of hydrogen-bond donors (Lipinski definition) is 6. The Morgan fingerprint density at radius 2 is 1.64 bits per heavy atom. The SMILES string of the molecule is NCCNC(O)CC(O)(O)O.[Ca+2].[Cl-].[Cl-]. The van der Waals surface area contributed by atoms with Crippen LogP contribution in [0.3, 0.4) is 0 Å². The van der Waals surface area contributed by atoms with Crippen LogP contribution in [0.25, 0.3) is 0 Å². The Balaban J connectivity index is -0.000000167. The van der Waals surface area contributed by atoms with Crippen LogP contribution >= 0.6 is 0 Å². The molecule has 0 amide bonds. The van der Waals surface area contributed by atoms with E-state index >= 15 is 0 Å². The molecule has 0 aliphatic rings. The van der Waals surface area contributed by atoms with Crippen LogP contribution in [0, 0.1) is 0 Å². The molecule has 0 spiro atoms. The van der Waals surface area contributed by atoms with E-state index in [9.17, 15) is 0 Å². The third-order valence-electron chi connectivity index (χ3n) is 0.992. The summed E-state index contributed by atoms with van der Waals surface area (Å²) in [5, 5.41) is 36.4. The molecule has 0 saturated carbocycles. The van der Waals surface area contributed by atoms with Crippen molar-refractivity contribution in [2.45, 2.75) is 18.6 Å². The van der Waals surface area contributed by atoms with E-state index in [4.69, 9.17) is 26.2 Å². The van der Waals surface area contributed by atoms with Crippen LogP contribution in [0.15, 0.2) is 0 Å². The maximum atomic E-state index is 8.87. The molecule has 0 aromatic rings. The van der Waals surface area contributed by atoms with Gasteiger partial charge in [0.2, 0.25) is 0 Å². The molecule has 84 valence electrons. The van der Waals surface area contributed by atoms with Crippen molar-refractivity contribution >= 4 is 37.7 Å². The van der Waals surface area contributed by atoms with E-state index in [1.54, 1.807) is 0 Å². The van der Waals surface area contributed by atoms with Gasteiger partial charge in [0.15, 0.2) is 0 Å². The predicted octanol–water partition coefficient (Wildman–Crippen LogP) is -9.50. The van der Waals surface area contributed by atoms with E-state index in [0.29, 0.717) is 13.1 Å². The molecule has 9 heteroatoms. The third-order valence-corrected chi connectivity index (χ3v) is 0.992. The van der Waals surface area contributed by atoms with Crippen molar-refractivity contribution in [3.05, 3.63) is 0 Å². The summed E-state index contributed by atoms with van der Waals surface area (Å²) < 4.78 is 0. The number of aliphatic hydroxyl groups is 4. The average molecular weight is 277 g/mol. The van der Waals surface area contributed by atoms with Crippen LogP contribution in [0.5, 0.6) is 0 Å². The molecule has 0 saturated heterocycles. The number of halogens is 2. The van der Waals surface area contributed by atoms with Gasteiger partial charge in [-0.05, 0) is 0 Å². The first-order valence-electron chi connectivity index (χ1n) is 3.24. The van der Waals surface area contributed by atoms with Gasteiger partial charge in [-0.2, -0.15) is 0 Å². The van der Waals surface area contributed by atoms with Crippen molar-refractivity contribution in [3.8, 4) is 0 Å². The molecule has 0 aliphatic heterocycles. The van der Waals surface area contributed by atoms with Crippen LogP contribution in [0.1, 0.15) is 6.42 Å². The third kappa shape index (κ3) is 19.2. The van der Waals surface area contributed by atoms with Crippen LogP contribution in [0.2, 0.25) is 0 Å². The van der Waals surface area contributed by atoms with Crippen LogP contribution in [-0.2, 0) is 0 Å². The van der Waals surface area contributed by atoms with Gasteiger partial charge in [-0.3, -0.25) is 5.32 Å². The second-order valence-electron chi connectivity index (χ2n) is 2.24. The van der Waals surface area contributed by atoms with E-state index in [2.05, 4.69) is 5.32 Å². The molecular formula is C5H14CaCl2N2O4. The van der Waals surface area contributed by atoms with Crippen molar-refractivity contribution in [1.82, 2.24) is 5.32 Å². The second-order valence-corrected chi connectivity index (χ2v) is 2.24. The largest absolute Gasteiger partial charge is 2.00 e. The quantitative estimate of drug-likeness (QED) is 0.219. The first-order chi connectivity index (χ1) is 4.95. The molecular weight excluding hydrogens is 263 g/mol. The summed E-state index contributed by atoms with van der Waals surface area (Å²) in [4.78, 5) is 0. The van der Waals surface area contributed by atoms with Crippen LogP contribution in [-0.4, -0.2) is 83.5 Å². The topological polar surface area (TPSA) is 119 Å². The number of hydrogen-bond acceptors (Lipinski definition) is 6. The second kappa shape index (κ2) is 12.7. The number of aliphatic hydroxyl groups excluding tert-OH is 1. The standard InChI is InChI=1S/C5H14N2O4.Ca.2ClH/c6-1-2-7-4(8)3-5(9,10)11;;;/h4,7-11H,1-3,6H2;;2*1H/q;+2;;/p-2. The Kier molecular flexibility index (Phi) is 22.4. The Morgan fingerprint density at radius 1 is 1.21 bits per heavy atom. The van der Waals surface area contributed by atoms with Gasteiger partial charge >= 0.3 is 37.7 Å². The molecule has 0 radical (unpaired) electrons. The summed E-state index contributed by atoms with van der Waals surface area (Å²) >= 11 is 0. The maximum absolute atomic E-state index is 8.87. The zero-order valence-corrected chi connectivity index (χ0v) is 11.2. The number of nitrogens with two attached hydrogens (primary N) is 1. The summed E-state index contributed by atoms with van der Waals surface area (Å²) in [6, 6.07) is 0. The molecule has 0 aliphatic carbocycles. The summed E-state index contributed by atoms with van der Waals surface area (Å²) in [6.07, 6.45) is -1.74. The van der Waals surface area contributed by atoms with Crippen molar-refractivity contribution in [3.63, 3.8) is 0 Å². The minimum atomic E-state index is -2.83. The monoisotopic (exact) mass is 276 g/mol. The Hall–Kier alpha value is 1.60. The molecule has 0 fully saturated rings. The molecule has 0 aromatic heterocycles. The van der Waals surface area contributed by atoms with Gasteiger partial charge in [0.1, 0.15) is 6.23 Å². The van der Waals surface area contributed by atoms with Gasteiger partial charge in [-0.1, -0.05) is 0 Å². The van der Waals surface area contributed by atoms with Crippen LogP contribution < -0.4 is 35.9 Å². The molecule has 1 atom stereocenters. The van der Waals surface area contributed by atoms with Crippen molar-refractivity contribution in [2.24, 2.45) is 5.73 Å². The fourth-order valence-corrected chi connectivity index (χ4v) is 0.582. The molecule has 0 heterocycles. The minimum absolute atomic E-state index is 0. The Bertz CT molecular complexity index is 116.